The summed E-state index contributed by atoms with van der Waals surface area (Å²) >= 11 is 0. The summed E-state index contributed by atoms with van der Waals surface area (Å²) in [5, 5.41) is 14.1. The predicted octanol–water partition coefficient (Wildman–Crippen LogP) is 3.05. The van der Waals surface area contributed by atoms with Crippen LogP contribution >= 0.6 is 0 Å². The molecule has 0 bridgehead atoms. The van der Waals surface area contributed by atoms with Gasteiger partial charge < -0.3 is 5.32 Å². The van der Waals surface area contributed by atoms with Crippen LogP contribution in [0.1, 0.15) is 56.6 Å². The standard InChI is InChI=1S/C22H26FN7O3S/c1-13(2)30-20(26-27-28-30)17-7-6-8-19(24-17)25-21(31)15-12-18-14(11-16(15)23)9-10-29(22(3,4)5)34(18,32)33/h6-8,11-13H,9-10H2,1-5H3,(H,24,25,31). The van der Waals surface area contributed by atoms with E-state index < -0.39 is 27.3 Å². The molecule has 0 spiro atoms. The Bertz CT molecular complexity index is 1360. The van der Waals surface area contributed by atoms with Gasteiger partial charge in [0.2, 0.25) is 15.8 Å². The van der Waals surface area contributed by atoms with Gasteiger partial charge in [0.25, 0.3) is 5.91 Å². The third-order valence-corrected chi connectivity index (χ3v) is 7.74. The Hall–Kier alpha value is -3.25. The van der Waals surface area contributed by atoms with Crippen molar-refractivity contribution < 1.29 is 17.6 Å². The fraction of sp³-hybridized carbons (Fsp3) is 0.409. The Labute approximate surface area is 197 Å². The van der Waals surface area contributed by atoms with E-state index in [4.69, 9.17) is 0 Å². The number of carbonyl (C=O) groups excluding carboxylic acids is 1. The Balaban J connectivity index is 1.66. The number of nitrogens with zero attached hydrogens (tertiary/aromatic N) is 6. The number of aromatic nitrogens is 5. The largest absolute Gasteiger partial charge is 0.306 e. The first kappa shape index (κ1) is 23.9. The third-order valence-electron chi connectivity index (χ3n) is 5.50. The molecule has 0 saturated heterocycles. The van der Waals surface area contributed by atoms with Gasteiger partial charge in [0.1, 0.15) is 17.3 Å². The summed E-state index contributed by atoms with van der Waals surface area (Å²) in [6.07, 6.45) is 0.360. The number of tetrazole rings is 1. The summed E-state index contributed by atoms with van der Waals surface area (Å²) in [6.45, 7) is 9.46. The number of pyridine rings is 1. The predicted molar refractivity (Wildman–Crippen MR) is 123 cm³/mol. The van der Waals surface area contributed by atoms with Crippen LogP contribution < -0.4 is 5.32 Å². The Kier molecular flexibility index (Phi) is 5.98. The van der Waals surface area contributed by atoms with Crippen LogP contribution in [0, 0.1) is 5.82 Å². The molecule has 1 aromatic carbocycles. The SMILES string of the molecule is CC(C)n1nnnc1-c1cccc(NC(=O)c2cc3c(cc2F)CCN(C(C)(C)C)S3(=O)=O)n1. The molecule has 3 heterocycles. The van der Waals surface area contributed by atoms with Gasteiger partial charge in [0.15, 0.2) is 0 Å². The van der Waals surface area contributed by atoms with Crippen molar-refractivity contribution in [3.8, 4) is 11.5 Å². The van der Waals surface area contributed by atoms with Gasteiger partial charge in [-0.05, 0) is 81.3 Å². The fourth-order valence-electron chi connectivity index (χ4n) is 3.88. The molecule has 0 aliphatic carbocycles. The second-order valence-electron chi connectivity index (χ2n) is 9.34. The number of carbonyl (C=O) groups is 1. The molecule has 1 N–H and O–H groups in total. The van der Waals surface area contributed by atoms with Crippen LogP contribution in [0.3, 0.4) is 0 Å². The quantitative estimate of drug-likeness (QED) is 0.600. The number of benzene rings is 1. The van der Waals surface area contributed by atoms with E-state index in [1.54, 1.807) is 43.7 Å². The summed E-state index contributed by atoms with van der Waals surface area (Å²) in [5.41, 5.74) is -0.249. The molecule has 180 valence electrons. The third kappa shape index (κ3) is 4.30. The van der Waals surface area contributed by atoms with E-state index in [-0.39, 0.29) is 28.9 Å². The number of hydrogen-bond acceptors (Lipinski definition) is 7. The molecule has 1 aliphatic rings. The van der Waals surface area contributed by atoms with Crippen molar-refractivity contribution >= 4 is 21.7 Å². The van der Waals surface area contributed by atoms with Gasteiger partial charge in [-0.1, -0.05) is 6.07 Å². The number of anilines is 1. The fourth-order valence-corrected chi connectivity index (χ4v) is 5.93. The van der Waals surface area contributed by atoms with Gasteiger partial charge in [0.05, 0.1) is 16.5 Å². The number of fused-ring (bicyclic) bond motifs is 1. The molecule has 0 radical (unpaired) electrons. The Morgan fingerprint density at radius 1 is 1.21 bits per heavy atom. The zero-order valence-corrected chi connectivity index (χ0v) is 20.4. The smallest absolute Gasteiger partial charge is 0.259 e. The minimum absolute atomic E-state index is 0.00995. The van der Waals surface area contributed by atoms with Gasteiger partial charge in [-0.3, -0.25) is 4.79 Å². The first-order chi connectivity index (χ1) is 15.9. The Morgan fingerprint density at radius 3 is 2.62 bits per heavy atom. The molecular weight excluding hydrogens is 461 g/mol. The van der Waals surface area contributed by atoms with Gasteiger partial charge in [-0.2, -0.15) is 4.31 Å². The van der Waals surface area contributed by atoms with Gasteiger partial charge in [0, 0.05) is 12.1 Å². The lowest BCUT2D eigenvalue weighted by Gasteiger charge is -2.38. The topological polar surface area (TPSA) is 123 Å². The number of rotatable bonds is 4. The maximum atomic E-state index is 14.8. The molecule has 10 nitrogen and oxygen atoms in total. The molecule has 1 aliphatic heterocycles. The van der Waals surface area contributed by atoms with E-state index in [2.05, 4.69) is 25.8 Å². The molecule has 0 unspecified atom stereocenters. The van der Waals surface area contributed by atoms with Crippen molar-refractivity contribution in [2.75, 3.05) is 11.9 Å². The summed E-state index contributed by atoms with van der Waals surface area (Å²) in [7, 11) is -3.89. The molecule has 2 aromatic heterocycles. The van der Waals surface area contributed by atoms with Gasteiger partial charge >= 0.3 is 0 Å². The van der Waals surface area contributed by atoms with Crippen LogP contribution in [0.25, 0.3) is 11.5 Å². The van der Waals surface area contributed by atoms with Crippen molar-refractivity contribution in [2.45, 2.75) is 57.5 Å². The first-order valence-electron chi connectivity index (χ1n) is 10.8. The maximum Gasteiger partial charge on any atom is 0.259 e. The zero-order chi connectivity index (χ0) is 24.8. The van der Waals surface area contributed by atoms with E-state index in [0.29, 0.717) is 23.5 Å². The Morgan fingerprint density at radius 2 is 1.94 bits per heavy atom. The average molecular weight is 488 g/mol. The van der Waals surface area contributed by atoms with Crippen molar-refractivity contribution in [1.29, 1.82) is 0 Å². The molecule has 0 atom stereocenters. The molecule has 0 saturated carbocycles. The van der Waals surface area contributed by atoms with Crippen molar-refractivity contribution in [3.63, 3.8) is 0 Å². The van der Waals surface area contributed by atoms with Crippen LogP contribution in [0.4, 0.5) is 10.2 Å². The van der Waals surface area contributed by atoms with Crippen LogP contribution in [0.5, 0.6) is 0 Å². The summed E-state index contributed by atoms with van der Waals surface area (Å²) in [5.74, 6) is -1.04. The van der Waals surface area contributed by atoms with E-state index >= 15 is 0 Å². The minimum atomic E-state index is -3.89. The number of hydrogen-bond donors (Lipinski definition) is 1. The molecular formula is C22H26FN7O3S. The van der Waals surface area contributed by atoms with Crippen molar-refractivity contribution in [2.24, 2.45) is 0 Å². The van der Waals surface area contributed by atoms with Crippen LogP contribution in [-0.4, -0.2) is 55.9 Å². The number of amides is 1. The lowest BCUT2D eigenvalue weighted by Crippen LogP contribution is -2.49. The van der Waals surface area contributed by atoms with E-state index in [1.807, 2.05) is 13.8 Å². The zero-order valence-electron chi connectivity index (χ0n) is 19.6. The lowest BCUT2D eigenvalue weighted by atomic mass is 10.0. The van der Waals surface area contributed by atoms with E-state index in [9.17, 15) is 17.6 Å². The minimum Gasteiger partial charge on any atom is -0.306 e. The number of nitrogens with one attached hydrogen (secondary N) is 1. The molecule has 12 heteroatoms. The second-order valence-corrected chi connectivity index (χ2v) is 11.2. The highest BCUT2D eigenvalue weighted by Crippen LogP contribution is 2.33. The average Bonchev–Trinajstić information content (AvgIpc) is 3.22. The van der Waals surface area contributed by atoms with Gasteiger partial charge in [-0.25, -0.2) is 22.5 Å². The van der Waals surface area contributed by atoms with E-state index in [0.717, 1.165) is 12.1 Å². The maximum absolute atomic E-state index is 14.8. The normalized spacial score (nSPS) is 15.9. The van der Waals surface area contributed by atoms with E-state index in [1.165, 1.54) is 4.31 Å². The number of sulfonamides is 1. The molecule has 4 rings (SSSR count). The monoisotopic (exact) mass is 487 g/mol. The molecule has 3 aromatic rings. The highest BCUT2D eigenvalue weighted by molar-refractivity contribution is 7.89. The van der Waals surface area contributed by atoms with Crippen LogP contribution in [-0.2, 0) is 16.4 Å². The second kappa shape index (κ2) is 8.51. The highest BCUT2D eigenvalue weighted by atomic mass is 32.2. The van der Waals surface area contributed by atoms with Gasteiger partial charge in [-0.15, -0.1) is 5.10 Å². The molecule has 1 amide bonds. The van der Waals surface area contributed by atoms with Crippen LogP contribution in [0.2, 0.25) is 0 Å². The lowest BCUT2D eigenvalue weighted by molar-refractivity contribution is 0.102. The number of halogens is 1. The summed E-state index contributed by atoms with van der Waals surface area (Å²) in [4.78, 5) is 17.3. The summed E-state index contributed by atoms with van der Waals surface area (Å²) in [6, 6.07) is 7.11. The van der Waals surface area contributed by atoms with Crippen molar-refractivity contribution in [3.05, 3.63) is 47.3 Å². The van der Waals surface area contributed by atoms with Crippen molar-refractivity contribution in [1.82, 2.24) is 29.5 Å². The molecule has 0 fully saturated rings. The van der Waals surface area contributed by atoms with Crippen LogP contribution in [0.15, 0.2) is 35.2 Å². The first-order valence-corrected chi connectivity index (χ1v) is 12.3. The highest BCUT2D eigenvalue weighted by Gasteiger charge is 2.39. The molecule has 34 heavy (non-hydrogen) atoms. The summed E-state index contributed by atoms with van der Waals surface area (Å²) < 4.78 is 44.2.